The SMILES string of the molecule is O=C(O)c1ccc(F)c(CNc2ccccc2Br)c1. The Bertz CT molecular complexity index is 616. The van der Waals surface area contributed by atoms with Crippen molar-refractivity contribution in [3.8, 4) is 0 Å². The minimum atomic E-state index is -1.07. The molecular weight excluding hydrogens is 313 g/mol. The summed E-state index contributed by atoms with van der Waals surface area (Å²) in [6.07, 6.45) is 0. The van der Waals surface area contributed by atoms with Crippen LogP contribution in [0.3, 0.4) is 0 Å². The molecule has 0 heterocycles. The second-order valence-electron chi connectivity index (χ2n) is 3.94. The van der Waals surface area contributed by atoms with Gasteiger partial charge >= 0.3 is 5.97 Å². The fourth-order valence-corrected chi connectivity index (χ4v) is 2.06. The number of aromatic carboxylic acids is 1. The molecule has 0 saturated carbocycles. The van der Waals surface area contributed by atoms with E-state index in [2.05, 4.69) is 21.2 Å². The van der Waals surface area contributed by atoms with E-state index in [4.69, 9.17) is 5.11 Å². The van der Waals surface area contributed by atoms with Crippen LogP contribution in [-0.4, -0.2) is 11.1 Å². The van der Waals surface area contributed by atoms with Crippen LogP contribution in [0.4, 0.5) is 10.1 Å². The maximum atomic E-state index is 13.6. The largest absolute Gasteiger partial charge is 0.478 e. The Hall–Kier alpha value is -1.88. The van der Waals surface area contributed by atoms with Crippen LogP contribution >= 0.6 is 15.9 Å². The summed E-state index contributed by atoms with van der Waals surface area (Å²) in [7, 11) is 0. The summed E-state index contributed by atoms with van der Waals surface area (Å²) < 4.78 is 14.5. The zero-order chi connectivity index (χ0) is 13.8. The van der Waals surface area contributed by atoms with E-state index in [1.54, 1.807) is 0 Å². The Morgan fingerprint density at radius 1 is 1.26 bits per heavy atom. The maximum Gasteiger partial charge on any atom is 0.335 e. The Balaban J connectivity index is 2.17. The van der Waals surface area contributed by atoms with Crippen molar-refractivity contribution in [1.82, 2.24) is 0 Å². The van der Waals surface area contributed by atoms with Crippen molar-refractivity contribution >= 4 is 27.6 Å². The van der Waals surface area contributed by atoms with Gasteiger partial charge < -0.3 is 10.4 Å². The first kappa shape index (κ1) is 13.5. The molecule has 5 heteroatoms. The highest BCUT2D eigenvalue weighted by Gasteiger charge is 2.08. The molecule has 0 saturated heterocycles. The van der Waals surface area contributed by atoms with Crippen molar-refractivity contribution < 1.29 is 14.3 Å². The number of carboxylic acids is 1. The van der Waals surface area contributed by atoms with Gasteiger partial charge in [0.2, 0.25) is 0 Å². The molecular formula is C14H11BrFNO2. The molecule has 98 valence electrons. The Labute approximate surface area is 118 Å². The van der Waals surface area contributed by atoms with Crippen LogP contribution in [0.2, 0.25) is 0 Å². The molecule has 0 atom stereocenters. The molecule has 0 radical (unpaired) electrons. The molecule has 0 fully saturated rings. The number of para-hydroxylation sites is 1. The van der Waals surface area contributed by atoms with Crippen molar-refractivity contribution in [3.05, 3.63) is 63.9 Å². The fourth-order valence-electron chi connectivity index (χ4n) is 1.64. The molecule has 3 nitrogen and oxygen atoms in total. The van der Waals surface area contributed by atoms with Gasteiger partial charge in [-0.1, -0.05) is 12.1 Å². The normalized spacial score (nSPS) is 10.2. The topological polar surface area (TPSA) is 49.3 Å². The number of carboxylic acid groups (broad SMARTS) is 1. The van der Waals surface area contributed by atoms with Crippen LogP contribution in [0.5, 0.6) is 0 Å². The lowest BCUT2D eigenvalue weighted by Crippen LogP contribution is -2.05. The zero-order valence-corrected chi connectivity index (χ0v) is 11.4. The Morgan fingerprint density at radius 3 is 2.68 bits per heavy atom. The summed E-state index contributed by atoms with van der Waals surface area (Å²) in [4.78, 5) is 10.8. The number of rotatable bonds is 4. The summed E-state index contributed by atoms with van der Waals surface area (Å²) >= 11 is 3.38. The highest BCUT2D eigenvalue weighted by atomic mass is 79.9. The van der Waals surface area contributed by atoms with E-state index >= 15 is 0 Å². The van der Waals surface area contributed by atoms with Gasteiger partial charge in [-0.05, 0) is 46.3 Å². The molecule has 0 aliphatic carbocycles. The fraction of sp³-hybridized carbons (Fsp3) is 0.0714. The number of benzene rings is 2. The van der Waals surface area contributed by atoms with Crippen LogP contribution in [-0.2, 0) is 6.54 Å². The molecule has 2 aromatic carbocycles. The van der Waals surface area contributed by atoms with Gasteiger partial charge in [0.25, 0.3) is 0 Å². The van der Waals surface area contributed by atoms with Crippen LogP contribution in [0.15, 0.2) is 46.9 Å². The second-order valence-corrected chi connectivity index (χ2v) is 4.80. The summed E-state index contributed by atoms with van der Waals surface area (Å²) in [6.45, 7) is 0.218. The molecule has 0 bridgehead atoms. The molecule has 2 rings (SSSR count). The highest BCUT2D eigenvalue weighted by Crippen LogP contribution is 2.22. The summed E-state index contributed by atoms with van der Waals surface area (Å²) in [6, 6.07) is 11.2. The number of halogens is 2. The number of anilines is 1. The van der Waals surface area contributed by atoms with Gasteiger partial charge in [0.05, 0.1) is 5.56 Å². The molecule has 2 aromatic rings. The summed E-state index contributed by atoms with van der Waals surface area (Å²) in [5.74, 6) is -1.49. The van der Waals surface area contributed by atoms with Crippen molar-refractivity contribution in [2.75, 3.05) is 5.32 Å². The van der Waals surface area contributed by atoms with E-state index in [1.807, 2.05) is 24.3 Å². The third-order valence-corrected chi connectivity index (χ3v) is 3.33. The lowest BCUT2D eigenvalue weighted by Gasteiger charge is -2.09. The Kier molecular flexibility index (Phi) is 4.16. The molecule has 19 heavy (non-hydrogen) atoms. The number of carbonyl (C=O) groups is 1. The lowest BCUT2D eigenvalue weighted by atomic mass is 10.1. The predicted octanol–water partition coefficient (Wildman–Crippen LogP) is 3.90. The maximum absolute atomic E-state index is 13.6. The smallest absolute Gasteiger partial charge is 0.335 e. The molecule has 0 aromatic heterocycles. The molecule has 2 N–H and O–H groups in total. The quantitative estimate of drug-likeness (QED) is 0.897. The summed E-state index contributed by atoms with van der Waals surface area (Å²) in [5, 5.41) is 11.9. The minimum Gasteiger partial charge on any atom is -0.478 e. The van der Waals surface area contributed by atoms with Gasteiger partial charge in [-0.25, -0.2) is 9.18 Å². The first-order valence-corrected chi connectivity index (χ1v) is 6.37. The van der Waals surface area contributed by atoms with E-state index in [9.17, 15) is 9.18 Å². The van der Waals surface area contributed by atoms with Crippen LogP contribution < -0.4 is 5.32 Å². The van der Waals surface area contributed by atoms with E-state index < -0.39 is 11.8 Å². The number of hydrogen-bond donors (Lipinski definition) is 2. The minimum absolute atomic E-state index is 0.0744. The summed E-state index contributed by atoms with van der Waals surface area (Å²) in [5.41, 5.74) is 1.21. The first-order chi connectivity index (χ1) is 9.08. The number of nitrogens with one attached hydrogen (secondary N) is 1. The van der Waals surface area contributed by atoms with Gasteiger partial charge in [0.15, 0.2) is 0 Å². The van der Waals surface area contributed by atoms with Crippen LogP contribution in [0, 0.1) is 5.82 Å². The monoisotopic (exact) mass is 323 g/mol. The molecule has 0 unspecified atom stereocenters. The van der Waals surface area contributed by atoms with E-state index in [1.165, 1.54) is 18.2 Å². The van der Waals surface area contributed by atoms with Gasteiger partial charge in [0, 0.05) is 22.3 Å². The molecule has 0 spiro atoms. The Morgan fingerprint density at radius 2 is 2.00 bits per heavy atom. The average Bonchev–Trinajstić information content (AvgIpc) is 2.39. The zero-order valence-electron chi connectivity index (χ0n) is 9.86. The second kappa shape index (κ2) is 5.84. The first-order valence-electron chi connectivity index (χ1n) is 5.58. The van der Waals surface area contributed by atoms with Crippen molar-refractivity contribution in [1.29, 1.82) is 0 Å². The lowest BCUT2D eigenvalue weighted by molar-refractivity contribution is 0.0696. The van der Waals surface area contributed by atoms with Gasteiger partial charge in [-0.2, -0.15) is 0 Å². The van der Waals surface area contributed by atoms with Gasteiger partial charge in [0.1, 0.15) is 5.82 Å². The van der Waals surface area contributed by atoms with Crippen LogP contribution in [0.25, 0.3) is 0 Å². The molecule has 0 amide bonds. The predicted molar refractivity (Wildman–Crippen MR) is 74.8 cm³/mol. The average molecular weight is 324 g/mol. The standard InChI is InChI=1S/C14H11BrFNO2/c15-11-3-1-2-4-13(11)17-8-10-7-9(14(18)19)5-6-12(10)16/h1-7,17H,8H2,(H,18,19). The third-order valence-electron chi connectivity index (χ3n) is 2.64. The molecule has 0 aliphatic heterocycles. The van der Waals surface area contributed by atoms with Crippen molar-refractivity contribution in [2.45, 2.75) is 6.54 Å². The van der Waals surface area contributed by atoms with E-state index in [0.717, 1.165) is 10.2 Å². The van der Waals surface area contributed by atoms with Gasteiger partial charge in [-0.3, -0.25) is 0 Å². The highest BCUT2D eigenvalue weighted by molar-refractivity contribution is 9.10. The van der Waals surface area contributed by atoms with E-state index in [0.29, 0.717) is 5.56 Å². The molecule has 0 aliphatic rings. The third kappa shape index (κ3) is 3.32. The van der Waals surface area contributed by atoms with Crippen molar-refractivity contribution in [3.63, 3.8) is 0 Å². The van der Waals surface area contributed by atoms with Gasteiger partial charge in [-0.15, -0.1) is 0 Å². The van der Waals surface area contributed by atoms with Crippen LogP contribution in [0.1, 0.15) is 15.9 Å². The van der Waals surface area contributed by atoms with E-state index in [-0.39, 0.29) is 12.1 Å². The van der Waals surface area contributed by atoms with Crippen molar-refractivity contribution in [2.24, 2.45) is 0 Å². The number of hydrogen-bond acceptors (Lipinski definition) is 2.